The number of methoxy groups -OCH3 is 1. The van der Waals surface area contributed by atoms with E-state index in [1.165, 1.54) is 11.1 Å². The van der Waals surface area contributed by atoms with Gasteiger partial charge in [0.15, 0.2) is 0 Å². The van der Waals surface area contributed by atoms with Crippen molar-refractivity contribution in [3.8, 4) is 5.88 Å². The molecule has 4 heteroatoms. The van der Waals surface area contributed by atoms with Crippen LogP contribution >= 0.6 is 11.6 Å². The third-order valence-corrected chi connectivity index (χ3v) is 5.13. The van der Waals surface area contributed by atoms with Gasteiger partial charge in [-0.3, -0.25) is 0 Å². The number of hydrogen-bond acceptors (Lipinski definition) is 3. The first-order chi connectivity index (χ1) is 12.4. The third kappa shape index (κ3) is 4.28. The van der Waals surface area contributed by atoms with E-state index >= 15 is 0 Å². The fraction of sp³-hybridized carbons (Fsp3) is 0.409. The van der Waals surface area contributed by atoms with Gasteiger partial charge in [-0.15, -0.1) is 0 Å². The van der Waals surface area contributed by atoms with Gasteiger partial charge in [-0.2, -0.15) is 0 Å². The molecule has 0 bridgehead atoms. The maximum Gasteiger partial charge on any atom is 0.232 e. The van der Waals surface area contributed by atoms with E-state index in [1.807, 2.05) is 12.1 Å². The summed E-state index contributed by atoms with van der Waals surface area (Å²) in [7, 11) is 1.60. The van der Waals surface area contributed by atoms with Crippen LogP contribution < -0.4 is 10.1 Å². The fourth-order valence-corrected chi connectivity index (χ4v) is 3.43. The summed E-state index contributed by atoms with van der Waals surface area (Å²) < 4.78 is 5.32. The van der Waals surface area contributed by atoms with E-state index in [0.717, 1.165) is 30.8 Å². The van der Waals surface area contributed by atoms with Gasteiger partial charge in [0.2, 0.25) is 5.88 Å². The van der Waals surface area contributed by atoms with Crippen molar-refractivity contribution in [2.75, 3.05) is 20.2 Å². The van der Waals surface area contributed by atoms with Gasteiger partial charge < -0.3 is 10.1 Å². The molecule has 1 fully saturated rings. The predicted octanol–water partition coefficient (Wildman–Crippen LogP) is 5.08. The topological polar surface area (TPSA) is 34.1 Å². The molecule has 0 amide bonds. The molecule has 2 heterocycles. The normalized spacial score (nSPS) is 18.2. The Hall–Kier alpha value is -1.84. The lowest BCUT2D eigenvalue weighted by Crippen LogP contribution is -2.11. The van der Waals surface area contributed by atoms with Crippen molar-refractivity contribution in [1.82, 2.24) is 10.3 Å². The van der Waals surface area contributed by atoms with Crippen molar-refractivity contribution < 1.29 is 4.74 Å². The minimum Gasteiger partial charge on any atom is -0.480 e. The molecule has 3 rings (SSSR count). The molecule has 138 valence electrons. The Balaban J connectivity index is 2.04. The lowest BCUT2D eigenvalue weighted by molar-refractivity contribution is 0.398. The van der Waals surface area contributed by atoms with Gasteiger partial charge in [0.1, 0.15) is 5.02 Å². The number of aromatic nitrogens is 1. The number of halogens is 1. The van der Waals surface area contributed by atoms with Gasteiger partial charge in [-0.25, -0.2) is 4.98 Å². The Morgan fingerprint density at radius 1 is 1.19 bits per heavy atom. The summed E-state index contributed by atoms with van der Waals surface area (Å²) in [6, 6.07) is 12.6. The summed E-state index contributed by atoms with van der Waals surface area (Å²) in [6.07, 6.45) is 3.48. The van der Waals surface area contributed by atoms with Gasteiger partial charge in [0.25, 0.3) is 0 Å². The van der Waals surface area contributed by atoms with Gasteiger partial charge in [-0.05, 0) is 47.6 Å². The number of benzene rings is 1. The van der Waals surface area contributed by atoms with Crippen LogP contribution in [0.3, 0.4) is 0 Å². The van der Waals surface area contributed by atoms with Crippen LogP contribution in [0.2, 0.25) is 5.02 Å². The molecule has 2 aromatic rings. The maximum atomic E-state index is 6.17. The number of pyridine rings is 1. The predicted molar refractivity (Wildman–Crippen MR) is 109 cm³/mol. The van der Waals surface area contributed by atoms with Crippen LogP contribution in [0.25, 0.3) is 5.57 Å². The lowest BCUT2D eigenvalue weighted by Gasteiger charge is -2.20. The molecule has 0 radical (unpaired) electrons. The minimum atomic E-state index is 0.138. The van der Waals surface area contributed by atoms with Crippen molar-refractivity contribution in [3.05, 3.63) is 64.3 Å². The Morgan fingerprint density at radius 3 is 2.50 bits per heavy atom. The second-order valence-corrected chi connectivity index (χ2v) is 8.26. The zero-order chi connectivity index (χ0) is 18.7. The Labute approximate surface area is 161 Å². The second kappa shape index (κ2) is 7.81. The molecule has 0 saturated carbocycles. The highest BCUT2D eigenvalue weighted by molar-refractivity contribution is 6.31. The fourth-order valence-electron chi connectivity index (χ4n) is 3.25. The highest BCUT2D eigenvalue weighted by Gasteiger charge is 2.18. The molecule has 0 aliphatic carbocycles. The molecule has 1 aliphatic heterocycles. The number of nitrogens with zero attached hydrogens (tertiary/aromatic N) is 1. The quantitative estimate of drug-likeness (QED) is 0.814. The SMILES string of the molecule is COc1nc(/C(=C/[C@H]2CCNC2)c2ccc(C(C)(C)C)cc2)ccc1Cl. The molecule has 3 nitrogen and oxygen atoms in total. The van der Waals surface area contributed by atoms with Crippen molar-refractivity contribution in [1.29, 1.82) is 0 Å². The smallest absolute Gasteiger partial charge is 0.232 e. The van der Waals surface area contributed by atoms with E-state index in [1.54, 1.807) is 7.11 Å². The monoisotopic (exact) mass is 370 g/mol. The van der Waals surface area contributed by atoms with E-state index in [4.69, 9.17) is 16.3 Å². The summed E-state index contributed by atoms with van der Waals surface area (Å²) in [5.74, 6) is 0.974. The van der Waals surface area contributed by atoms with E-state index in [-0.39, 0.29) is 5.41 Å². The highest BCUT2D eigenvalue weighted by Crippen LogP contribution is 2.31. The highest BCUT2D eigenvalue weighted by atomic mass is 35.5. The second-order valence-electron chi connectivity index (χ2n) is 7.85. The molecule has 1 aliphatic rings. The van der Waals surface area contributed by atoms with Crippen LogP contribution in [0.15, 0.2) is 42.5 Å². The molecule has 0 unspecified atom stereocenters. The molecule has 1 aromatic carbocycles. The Kier molecular flexibility index (Phi) is 5.69. The molecule has 0 spiro atoms. The van der Waals surface area contributed by atoms with Crippen LogP contribution in [-0.4, -0.2) is 25.2 Å². The summed E-state index contributed by atoms with van der Waals surface area (Å²) in [5, 5.41) is 3.96. The van der Waals surface area contributed by atoms with Gasteiger partial charge in [0, 0.05) is 12.1 Å². The van der Waals surface area contributed by atoms with E-state index in [2.05, 4.69) is 61.4 Å². The molecule has 1 aromatic heterocycles. The molecular weight excluding hydrogens is 344 g/mol. The minimum absolute atomic E-state index is 0.138. The summed E-state index contributed by atoms with van der Waals surface area (Å²) in [5.41, 5.74) is 4.65. The standard InChI is InChI=1S/C22H27ClN2O/c1-22(2,3)17-7-5-16(6-8-17)18(13-15-11-12-24-14-15)20-10-9-19(23)21(25-20)26-4/h5-10,13,15,24H,11-12,14H2,1-4H3/b18-13+/t15-/m1/s1. The van der Waals surface area contributed by atoms with E-state index in [0.29, 0.717) is 16.8 Å². The first-order valence-electron chi connectivity index (χ1n) is 9.13. The molecule has 26 heavy (non-hydrogen) atoms. The average molecular weight is 371 g/mol. The largest absolute Gasteiger partial charge is 0.480 e. The number of hydrogen-bond donors (Lipinski definition) is 1. The molecule has 1 N–H and O–H groups in total. The number of nitrogens with one attached hydrogen (secondary N) is 1. The van der Waals surface area contributed by atoms with Crippen LogP contribution in [0.5, 0.6) is 5.88 Å². The van der Waals surface area contributed by atoms with Crippen LogP contribution in [0, 0.1) is 5.92 Å². The Bertz CT molecular complexity index is 785. The first kappa shape index (κ1) is 18.9. The van der Waals surface area contributed by atoms with Gasteiger partial charge in [-0.1, -0.05) is 62.7 Å². The van der Waals surface area contributed by atoms with E-state index < -0.39 is 0 Å². The van der Waals surface area contributed by atoms with Crippen LogP contribution in [0.1, 0.15) is 44.0 Å². The molecule has 1 saturated heterocycles. The number of rotatable bonds is 4. The van der Waals surface area contributed by atoms with Gasteiger partial charge in [0.05, 0.1) is 12.8 Å². The summed E-state index contributed by atoms with van der Waals surface area (Å²) in [6.45, 7) is 8.76. The van der Waals surface area contributed by atoms with Crippen LogP contribution in [-0.2, 0) is 5.41 Å². The van der Waals surface area contributed by atoms with E-state index in [9.17, 15) is 0 Å². The van der Waals surface area contributed by atoms with Gasteiger partial charge >= 0.3 is 0 Å². The maximum absolute atomic E-state index is 6.17. The summed E-state index contributed by atoms with van der Waals surface area (Å²) in [4.78, 5) is 4.64. The zero-order valence-electron chi connectivity index (χ0n) is 16.0. The zero-order valence-corrected chi connectivity index (χ0v) is 16.7. The van der Waals surface area contributed by atoms with Crippen molar-refractivity contribution >= 4 is 17.2 Å². The lowest BCUT2D eigenvalue weighted by atomic mass is 9.85. The summed E-state index contributed by atoms with van der Waals surface area (Å²) >= 11 is 6.17. The Morgan fingerprint density at radius 2 is 1.92 bits per heavy atom. The van der Waals surface area contributed by atoms with Crippen molar-refractivity contribution in [3.63, 3.8) is 0 Å². The third-order valence-electron chi connectivity index (χ3n) is 4.85. The van der Waals surface area contributed by atoms with Crippen molar-refractivity contribution in [2.45, 2.75) is 32.6 Å². The number of ether oxygens (including phenoxy) is 1. The average Bonchev–Trinajstić information content (AvgIpc) is 3.13. The first-order valence-corrected chi connectivity index (χ1v) is 9.50. The van der Waals surface area contributed by atoms with Crippen molar-refractivity contribution in [2.24, 2.45) is 5.92 Å². The molecular formula is C22H27ClN2O. The van der Waals surface area contributed by atoms with Crippen LogP contribution in [0.4, 0.5) is 0 Å². The molecule has 1 atom stereocenters.